The summed E-state index contributed by atoms with van der Waals surface area (Å²) in [6.07, 6.45) is 0. The zero-order valence-corrected chi connectivity index (χ0v) is 13.9. The quantitative estimate of drug-likeness (QED) is 0.538. The fraction of sp³-hybridized carbons (Fsp3) is 0.200. The van der Waals surface area contributed by atoms with Crippen molar-refractivity contribution in [3.8, 4) is 0 Å². The lowest BCUT2D eigenvalue weighted by molar-refractivity contribution is 0.0473. The summed E-state index contributed by atoms with van der Waals surface area (Å²) in [5.41, 5.74) is 4.08. The molecule has 3 rings (SSSR count). The first-order valence-corrected chi connectivity index (χ1v) is 7.72. The standard InChI is InChI=1S/C20H18O4/c1-12-4-6-14(3)17(8-12)20(22)23-11-15-10-19(21)24-18-9-13(2)5-7-16(15)18/h4-10H,11H2,1-3H3. The summed E-state index contributed by atoms with van der Waals surface area (Å²) in [5, 5.41) is 0.772. The van der Waals surface area contributed by atoms with E-state index in [0.29, 0.717) is 16.7 Å². The fourth-order valence-corrected chi connectivity index (χ4v) is 2.63. The molecule has 0 aliphatic heterocycles. The highest BCUT2D eigenvalue weighted by Gasteiger charge is 2.13. The van der Waals surface area contributed by atoms with Gasteiger partial charge in [-0.2, -0.15) is 0 Å². The molecule has 24 heavy (non-hydrogen) atoms. The molecule has 2 aromatic carbocycles. The normalized spacial score (nSPS) is 10.8. The van der Waals surface area contributed by atoms with E-state index in [4.69, 9.17) is 9.15 Å². The minimum Gasteiger partial charge on any atom is -0.457 e. The van der Waals surface area contributed by atoms with Gasteiger partial charge >= 0.3 is 11.6 Å². The van der Waals surface area contributed by atoms with Gasteiger partial charge in [-0.3, -0.25) is 0 Å². The van der Waals surface area contributed by atoms with E-state index < -0.39 is 11.6 Å². The second-order valence-electron chi connectivity index (χ2n) is 5.98. The maximum absolute atomic E-state index is 12.3. The fourth-order valence-electron chi connectivity index (χ4n) is 2.63. The zero-order valence-electron chi connectivity index (χ0n) is 13.9. The predicted octanol–water partition coefficient (Wildman–Crippen LogP) is 4.08. The van der Waals surface area contributed by atoms with Gasteiger partial charge in [0.15, 0.2) is 0 Å². The highest BCUT2D eigenvalue weighted by Crippen LogP contribution is 2.20. The summed E-state index contributed by atoms with van der Waals surface area (Å²) in [6.45, 7) is 5.74. The molecule has 0 aliphatic rings. The van der Waals surface area contributed by atoms with Crippen LogP contribution in [0.5, 0.6) is 0 Å². The molecule has 0 bridgehead atoms. The number of carbonyl (C=O) groups is 1. The van der Waals surface area contributed by atoms with Crippen LogP contribution >= 0.6 is 0 Å². The van der Waals surface area contributed by atoms with Gasteiger partial charge in [0, 0.05) is 17.0 Å². The molecule has 4 nitrogen and oxygen atoms in total. The number of esters is 1. The van der Waals surface area contributed by atoms with Crippen LogP contribution in [0.4, 0.5) is 0 Å². The maximum Gasteiger partial charge on any atom is 0.338 e. The third-order valence-corrected chi connectivity index (χ3v) is 3.96. The first kappa shape index (κ1) is 16.0. The van der Waals surface area contributed by atoms with E-state index in [9.17, 15) is 9.59 Å². The molecule has 0 unspecified atom stereocenters. The van der Waals surface area contributed by atoms with Crippen LogP contribution in [-0.4, -0.2) is 5.97 Å². The van der Waals surface area contributed by atoms with Crippen molar-refractivity contribution in [2.75, 3.05) is 0 Å². The van der Waals surface area contributed by atoms with Crippen LogP contribution in [0.25, 0.3) is 11.0 Å². The van der Waals surface area contributed by atoms with E-state index in [1.165, 1.54) is 6.07 Å². The Morgan fingerprint density at radius 1 is 1.00 bits per heavy atom. The highest BCUT2D eigenvalue weighted by molar-refractivity contribution is 5.91. The Balaban J connectivity index is 1.89. The van der Waals surface area contributed by atoms with Gasteiger partial charge in [0.1, 0.15) is 12.2 Å². The molecule has 1 aromatic heterocycles. The van der Waals surface area contributed by atoms with E-state index in [0.717, 1.165) is 22.1 Å². The van der Waals surface area contributed by atoms with Crippen molar-refractivity contribution in [1.82, 2.24) is 0 Å². The molecule has 4 heteroatoms. The van der Waals surface area contributed by atoms with Gasteiger partial charge in [-0.15, -0.1) is 0 Å². The van der Waals surface area contributed by atoms with E-state index in [1.807, 2.05) is 45.0 Å². The average Bonchev–Trinajstić information content (AvgIpc) is 2.54. The minimum absolute atomic E-state index is 0.0252. The monoisotopic (exact) mass is 322 g/mol. The molecular formula is C20H18O4. The molecule has 0 amide bonds. The number of fused-ring (bicyclic) bond motifs is 1. The molecule has 0 saturated heterocycles. The largest absolute Gasteiger partial charge is 0.457 e. The summed E-state index contributed by atoms with van der Waals surface area (Å²) >= 11 is 0. The first-order chi connectivity index (χ1) is 11.4. The van der Waals surface area contributed by atoms with E-state index >= 15 is 0 Å². The van der Waals surface area contributed by atoms with Crippen LogP contribution < -0.4 is 5.63 Å². The van der Waals surface area contributed by atoms with Gasteiger partial charge in [-0.25, -0.2) is 9.59 Å². The smallest absolute Gasteiger partial charge is 0.338 e. The number of hydrogen-bond acceptors (Lipinski definition) is 4. The van der Waals surface area contributed by atoms with Crippen LogP contribution in [0.1, 0.15) is 32.6 Å². The maximum atomic E-state index is 12.3. The Kier molecular flexibility index (Phi) is 4.21. The lowest BCUT2D eigenvalue weighted by atomic mass is 10.1. The van der Waals surface area contributed by atoms with E-state index in [1.54, 1.807) is 12.1 Å². The molecule has 1 heterocycles. The van der Waals surface area contributed by atoms with Crippen LogP contribution in [-0.2, 0) is 11.3 Å². The number of benzene rings is 2. The van der Waals surface area contributed by atoms with E-state index in [-0.39, 0.29) is 6.61 Å². The Labute approximate surface area is 139 Å². The number of hydrogen-bond donors (Lipinski definition) is 0. The van der Waals surface area contributed by atoms with E-state index in [2.05, 4.69) is 0 Å². The van der Waals surface area contributed by atoms with Gasteiger partial charge in [0.2, 0.25) is 0 Å². The molecule has 0 saturated carbocycles. The van der Waals surface area contributed by atoms with Crippen LogP contribution in [0.2, 0.25) is 0 Å². The molecular weight excluding hydrogens is 304 g/mol. The van der Waals surface area contributed by atoms with Gasteiger partial charge in [-0.05, 0) is 44.0 Å². The lowest BCUT2D eigenvalue weighted by Crippen LogP contribution is -2.09. The summed E-state index contributed by atoms with van der Waals surface area (Å²) in [4.78, 5) is 24.1. The first-order valence-electron chi connectivity index (χ1n) is 7.72. The van der Waals surface area contributed by atoms with Crippen molar-refractivity contribution in [3.05, 3.63) is 80.7 Å². The van der Waals surface area contributed by atoms with Crippen molar-refractivity contribution < 1.29 is 13.9 Å². The molecule has 0 N–H and O–H groups in total. The van der Waals surface area contributed by atoms with Gasteiger partial charge in [0.05, 0.1) is 5.56 Å². The molecule has 0 fully saturated rings. The molecule has 3 aromatic rings. The summed E-state index contributed by atoms with van der Waals surface area (Å²) in [7, 11) is 0. The Morgan fingerprint density at radius 2 is 1.71 bits per heavy atom. The Hall–Kier alpha value is -2.88. The number of rotatable bonds is 3. The van der Waals surface area contributed by atoms with Crippen LogP contribution in [0.15, 0.2) is 51.7 Å². The minimum atomic E-state index is -0.453. The van der Waals surface area contributed by atoms with Crippen molar-refractivity contribution in [1.29, 1.82) is 0 Å². The van der Waals surface area contributed by atoms with Gasteiger partial charge < -0.3 is 9.15 Å². The topological polar surface area (TPSA) is 56.5 Å². The molecule has 0 radical (unpaired) electrons. The highest BCUT2D eigenvalue weighted by atomic mass is 16.5. The third kappa shape index (κ3) is 3.23. The zero-order chi connectivity index (χ0) is 17.3. The van der Waals surface area contributed by atoms with Crippen LogP contribution in [0, 0.1) is 20.8 Å². The predicted molar refractivity (Wildman–Crippen MR) is 92.3 cm³/mol. The average molecular weight is 322 g/mol. The van der Waals surface area contributed by atoms with Crippen molar-refractivity contribution in [2.45, 2.75) is 27.4 Å². The molecule has 0 aliphatic carbocycles. The van der Waals surface area contributed by atoms with Gasteiger partial charge in [0.25, 0.3) is 0 Å². The Morgan fingerprint density at radius 3 is 2.50 bits per heavy atom. The lowest BCUT2D eigenvalue weighted by Gasteiger charge is -2.09. The second-order valence-corrected chi connectivity index (χ2v) is 5.98. The number of ether oxygens (including phenoxy) is 1. The molecule has 0 atom stereocenters. The van der Waals surface area contributed by atoms with Crippen molar-refractivity contribution >= 4 is 16.9 Å². The molecule has 0 spiro atoms. The van der Waals surface area contributed by atoms with Crippen molar-refractivity contribution in [2.24, 2.45) is 0 Å². The van der Waals surface area contributed by atoms with Crippen LogP contribution in [0.3, 0.4) is 0 Å². The number of carbonyl (C=O) groups excluding carboxylic acids is 1. The summed E-state index contributed by atoms with van der Waals surface area (Å²) < 4.78 is 10.6. The molecule has 122 valence electrons. The third-order valence-electron chi connectivity index (χ3n) is 3.96. The second kappa shape index (κ2) is 6.32. The summed E-state index contributed by atoms with van der Waals surface area (Å²) in [6, 6.07) is 12.6. The van der Waals surface area contributed by atoms with Gasteiger partial charge in [-0.1, -0.05) is 29.8 Å². The van der Waals surface area contributed by atoms with Crippen molar-refractivity contribution in [3.63, 3.8) is 0 Å². The SMILES string of the molecule is Cc1ccc(C)c(C(=O)OCc2cc(=O)oc3cc(C)ccc23)c1. The Bertz CT molecular complexity index is 983. The summed E-state index contributed by atoms with van der Waals surface area (Å²) in [5.74, 6) is -0.398. The number of aryl methyl sites for hydroxylation is 3.